The predicted molar refractivity (Wildman–Crippen MR) is 131 cm³/mol. The molecule has 1 amide bonds. The van der Waals surface area contributed by atoms with E-state index in [0.29, 0.717) is 56.3 Å². The molecule has 0 bridgehead atoms. The van der Waals surface area contributed by atoms with E-state index in [1.807, 2.05) is 24.3 Å². The Hall–Kier alpha value is -2.66. The number of aliphatic hydroxyl groups is 1. The van der Waals surface area contributed by atoms with Gasteiger partial charge in [-0.05, 0) is 48.4 Å². The molecule has 0 spiro atoms. The monoisotopic (exact) mass is 491 g/mol. The highest BCUT2D eigenvalue weighted by Crippen LogP contribution is 2.15. The summed E-state index contributed by atoms with van der Waals surface area (Å²) in [5.74, 6) is 0.622. The molecule has 0 aliphatic carbocycles. The van der Waals surface area contributed by atoms with Crippen LogP contribution in [0.1, 0.15) is 15.9 Å². The van der Waals surface area contributed by atoms with Crippen molar-refractivity contribution in [2.24, 2.45) is 0 Å². The summed E-state index contributed by atoms with van der Waals surface area (Å²) in [5.41, 5.74) is 2.10. The number of anilines is 1. The van der Waals surface area contributed by atoms with Gasteiger partial charge in [0.15, 0.2) is 0 Å². The number of ether oxygens (including phenoxy) is 2. The summed E-state index contributed by atoms with van der Waals surface area (Å²) in [4.78, 5) is 16.6. The minimum Gasteiger partial charge on any atom is -0.491 e. The Kier molecular flexibility index (Phi) is 9.28. The first-order chi connectivity index (χ1) is 16.2. The van der Waals surface area contributed by atoms with Crippen molar-refractivity contribution in [1.82, 2.24) is 9.80 Å². The molecular weight excluding hydrogens is 458 g/mol. The molecule has 186 valence electrons. The van der Waals surface area contributed by atoms with Crippen LogP contribution in [0.5, 0.6) is 5.75 Å². The summed E-state index contributed by atoms with van der Waals surface area (Å²) in [6.45, 7) is 3.77. The number of methoxy groups -OCH3 is 1. The van der Waals surface area contributed by atoms with Crippen molar-refractivity contribution in [3.8, 4) is 5.75 Å². The van der Waals surface area contributed by atoms with E-state index in [2.05, 4.69) is 9.62 Å². The minimum atomic E-state index is -3.36. The van der Waals surface area contributed by atoms with Gasteiger partial charge >= 0.3 is 0 Å². The van der Waals surface area contributed by atoms with E-state index in [0.717, 1.165) is 12.7 Å². The van der Waals surface area contributed by atoms with E-state index in [1.165, 1.54) is 5.56 Å². The zero-order chi connectivity index (χ0) is 24.6. The number of carbonyl (C=O) groups is 1. The summed E-state index contributed by atoms with van der Waals surface area (Å²) >= 11 is 0. The van der Waals surface area contributed by atoms with Gasteiger partial charge in [-0.15, -0.1) is 0 Å². The van der Waals surface area contributed by atoms with Crippen LogP contribution in [0, 0.1) is 0 Å². The van der Waals surface area contributed by atoms with Gasteiger partial charge in [-0.25, -0.2) is 8.42 Å². The number of rotatable bonds is 11. The van der Waals surface area contributed by atoms with Crippen LogP contribution in [-0.2, 0) is 21.2 Å². The standard InChI is InChI=1S/C24H33N3O6S/c1-32-16-11-19-3-9-23(10-4-19)33-18-22(28)17-26-12-14-27(15-13-26)24(29)20-5-7-21(8-6-20)25-34(2,30)31/h3-10,22,25,28H,11-18H2,1-2H3. The average molecular weight is 492 g/mol. The second kappa shape index (κ2) is 12.2. The van der Waals surface area contributed by atoms with Crippen LogP contribution in [0.2, 0.25) is 0 Å². The number of amides is 1. The third-order valence-corrected chi connectivity index (χ3v) is 6.13. The highest BCUT2D eigenvalue weighted by molar-refractivity contribution is 7.92. The molecule has 1 unspecified atom stereocenters. The second-order valence-corrected chi connectivity index (χ2v) is 10.1. The van der Waals surface area contributed by atoms with Gasteiger partial charge in [-0.1, -0.05) is 12.1 Å². The largest absolute Gasteiger partial charge is 0.491 e. The molecule has 1 fully saturated rings. The number of benzene rings is 2. The highest BCUT2D eigenvalue weighted by Gasteiger charge is 2.23. The summed E-state index contributed by atoms with van der Waals surface area (Å²) < 4.78 is 35.8. The van der Waals surface area contributed by atoms with Gasteiger partial charge in [0.25, 0.3) is 5.91 Å². The smallest absolute Gasteiger partial charge is 0.253 e. The third-order valence-electron chi connectivity index (χ3n) is 5.52. The first-order valence-electron chi connectivity index (χ1n) is 11.2. The molecule has 1 saturated heterocycles. The summed E-state index contributed by atoms with van der Waals surface area (Å²) in [7, 11) is -1.68. The van der Waals surface area contributed by atoms with Crippen LogP contribution >= 0.6 is 0 Å². The molecule has 2 aromatic rings. The second-order valence-electron chi connectivity index (χ2n) is 8.40. The van der Waals surface area contributed by atoms with Gasteiger partial charge in [0.05, 0.1) is 12.9 Å². The maximum absolute atomic E-state index is 12.8. The molecule has 1 heterocycles. The Morgan fingerprint density at radius 3 is 2.29 bits per heavy atom. The molecule has 1 aliphatic rings. The molecule has 2 N–H and O–H groups in total. The molecule has 34 heavy (non-hydrogen) atoms. The van der Waals surface area contributed by atoms with Gasteiger partial charge in [0, 0.05) is 51.1 Å². The van der Waals surface area contributed by atoms with Crippen LogP contribution in [0.4, 0.5) is 5.69 Å². The molecule has 0 aromatic heterocycles. The average Bonchev–Trinajstić information content (AvgIpc) is 2.81. The van der Waals surface area contributed by atoms with E-state index < -0.39 is 16.1 Å². The van der Waals surface area contributed by atoms with Gasteiger partial charge in [-0.2, -0.15) is 0 Å². The lowest BCUT2D eigenvalue weighted by molar-refractivity contribution is 0.0403. The third kappa shape index (κ3) is 8.28. The number of hydrogen-bond donors (Lipinski definition) is 2. The van der Waals surface area contributed by atoms with Crippen molar-refractivity contribution >= 4 is 21.6 Å². The van der Waals surface area contributed by atoms with Gasteiger partial charge in [0.2, 0.25) is 10.0 Å². The fourth-order valence-electron chi connectivity index (χ4n) is 3.73. The number of nitrogens with one attached hydrogen (secondary N) is 1. The fraction of sp³-hybridized carbons (Fsp3) is 0.458. The van der Waals surface area contributed by atoms with E-state index in [9.17, 15) is 18.3 Å². The van der Waals surface area contributed by atoms with E-state index in [4.69, 9.17) is 9.47 Å². The van der Waals surface area contributed by atoms with Crippen LogP contribution < -0.4 is 9.46 Å². The predicted octanol–water partition coefficient (Wildman–Crippen LogP) is 1.44. The lowest BCUT2D eigenvalue weighted by Gasteiger charge is -2.35. The molecule has 10 heteroatoms. The highest BCUT2D eigenvalue weighted by atomic mass is 32.2. The molecule has 0 saturated carbocycles. The normalized spacial score (nSPS) is 15.7. The number of β-amino-alcohol motifs (C(OH)–C–C–N with tert-alkyl or cyclic N) is 1. The van der Waals surface area contributed by atoms with Crippen molar-refractivity contribution < 1.29 is 27.8 Å². The number of hydrogen-bond acceptors (Lipinski definition) is 7. The topological polar surface area (TPSA) is 108 Å². The lowest BCUT2D eigenvalue weighted by atomic mass is 10.1. The first-order valence-corrected chi connectivity index (χ1v) is 13.1. The molecule has 1 atom stereocenters. The molecule has 1 aliphatic heterocycles. The lowest BCUT2D eigenvalue weighted by Crippen LogP contribution is -2.50. The number of aliphatic hydroxyl groups excluding tert-OH is 1. The Balaban J connectivity index is 1.39. The number of piperazine rings is 1. The van der Waals surface area contributed by atoms with E-state index >= 15 is 0 Å². The maximum atomic E-state index is 12.8. The summed E-state index contributed by atoms with van der Waals surface area (Å²) in [6, 6.07) is 14.2. The maximum Gasteiger partial charge on any atom is 0.253 e. The van der Waals surface area contributed by atoms with Crippen molar-refractivity contribution in [3.05, 3.63) is 59.7 Å². The van der Waals surface area contributed by atoms with E-state index in [-0.39, 0.29) is 12.5 Å². The zero-order valence-corrected chi connectivity index (χ0v) is 20.5. The Labute approximate surface area is 201 Å². The van der Waals surface area contributed by atoms with Crippen molar-refractivity contribution in [1.29, 1.82) is 0 Å². The Morgan fingerprint density at radius 2 is 1.71 bits per heavy atom. The SMILES string of the molecule is COCCc1ccc(OCC(O)CN2CCN(C(=O)c3ccc(NS(C)(=O)=O)cc3)CC2)cc1. The molecular formula is C24H33N3O6S. The van der Waals surface area contributed by atoms with Crippen LogP contribution in [0.25, 0.3) is 0 Å². The van der Waals surface area contributed by atoms with Gasteiger partial charge in [-0.3, -0.25) is 14.4 Å². The molecule has 0 radical (unpaired) electrons. The number of sulfonamides is 1. The first kappa shape index (κ1) is 26.0. The van der Waals surface area contributed by atoms with Gasteiger partial charge < -0.3 is 19.5 Å². The minimum absolute atomic E-state index is 0.0941. The van der Waals surface area contributed by atoms with E-state index in [1.54, 1.807) is 36.3 Å². The summed E-state index contributed by atoms with van der Waals surface area (Å²) in [6.07, 6.45) is 1.29. The van der Waals surface area contributed by atoms with Crippen molar-refractivity contribution in [2.45, 2.75) is 12.5 Å². The summed E-state index contributed by atoms with van der Waals surface area (Å²) in [5, 5.41) is 10.4. The molecule has 9 nitrogen and oxygen atoms in total. The molecule has 2 aromatic carbocycles. The zero-order valence-electron chi connectivity index (χ0n) is 19.6. The quantitative estimate of drug-likeness (QED) is 0.490. The fourth-order valence-corrected chi connectivity index (χ4v) is 4.29. The Morgan fingerprint density at radius 1 is 1.06 bits per heavy atom. The Bertz CT molecular complexity index is 1020. The number of carbonyl (C=O) groups excluding carboxylic acids is 1. The van der Waals surface area contributed by atoms with Crippen LogP contribution in [0.15, 0.2) is 48.5 Å². The van der Waals surface area contributed by atoms with Crippen LogP contribution in [0.3, 0.4) is 0 Å². The van der Waals surface area contributed by atoms with Crippen molar-refractivity contribution in [3.63, 3.8) is 0 Å². The molecule has 3 rings (SSSR count). The van der Waals surface area contributed by atoms with Gasteiger partial charge in [0.1, 0.15) is 18.5 Å². The van der Waals surface area contributed by atoms with Crippen LogP contribution in [-0.4, -0.2) is 94.6 Å². The van der Waals surface area contributed by atoms with Crippen molar-refractivity contribution in [2.75, 3.05) is 64.0 Å². The number of nitrogens with zero attached hydrogens (tertiary/aromatic N) is 2.